The minimum atomic E-state index is -0.0243. The van der Waals surface area contributed by atoms with Crippen molar-refractivity contribution in [2.75, 3.05) is 33.5 Å². The molecule has 42 heavy (non-hydrogen) atoms. The maximum Gasteiger partial charge on any atom is 0.123 e. The van der Waals surface area contributed by atoms with Crippen LogP contribution in [0.4, 0.5) is 0 Å². The highest BCUT2D eigenvalue weighted by molar-refractivity contribution is 5.73. The molecule has 0 unspecified atom stereocenters. The van der Waals surface area contributed by atoms with Gasteiger partial charge in [-0.05, 0) is 95.5 Å². The first-order chi connectivity index (χ1) is 20.5. The van der Waals surface area contributed by atoms with Gasteiger partial charge in [-0.1, -0.05) is 81.7 Å². The van der Waals surface area contributed by atoms with Gasteiger partial charge in [0.2, 0.25) is 0 Å². The van der Waals surface area contributed by atoms with Crippen molar-refractivity contribution >= 4 is 0 Å². The van der Waals surface area contributed by atoms with Crippen LogP contribution in [0.5, 0.6) is 11.5 Å². The van der Waals surface area contributed by atoms with Gasteiger partial charge in [-0.2, -0.15) is 0 Å². The summed E-state index contributed by atoms with van der Waals surface area (Å²) in [4.78, 5) is 0. The Labute approximate surface area is 253 Å². The van der Waals surface area contributed by atoms with Crippen LogP contribution < -0.4 is 9.47 Å². The molecule has 0 amide bonds. The fourth-order valence-corrected chi connectivity index (χ4v) is 6.11. The van der Waals surface area contributed by atoms with Crippen molar-refractivity contribution in [2.45, 2.75) is 77.6 Å². The summed E-state index contributed by atoms with van der Waals surface area (Å²) in [5.41, 5.74) is 8.28. The quantitative estimate of drug-likeness (QED) is 0.138. The Balaban J connectivity index is 1.44. The highest BCUT2D eigenvalue weighted by Gasteiger charge is 2.22. The van der Waals surface area contributed by atoms with Gasteiger partial charge in [0.1, 0.15) is 18.1 Å². The van der Waals surface area contributed by atoms with E-state index < -0.39 is 0 Å². The Kier molecular flexibility index (Phi) is 12.5. The summed E-state index contributed by atoms with van der Waals surface area (Å²) in [5.74, 6) is 3.12. The topological polar surface area (TPSA) is 47.9 Å². The summed E-state index contributed by atoms with van der Waals surface area (Å²) in [7, 11) is 1.67. The Morgan fingerprint density at radius 1 is 0.810 bits per heavy atom. The Bertz CT molecular complexity index is 1250. The van der Waals surface area contributed by atoms with Crippen LogP contribution >= 0.6 is 0 Å². The third kappa shape index (κ3) is 9.21. The lowest BCUT2D eigenvalue weighted by atomic mass is 9.76. The van der Waals surface area contributed by atoms with Gasteiger partial charge in [0.15, 0.2) is 0 Å². The largest absolute Gasteiger partial charge is 0.493 e. The molecular weight excluding hydrogens is 520 g/mol. The number of rotatable bonds is 16. The zero-order chi connectivity index (χ0) is 29.7. The molecule has 0 spiro atoms. The van der Waals surface area contributed by atoms with Crippen LogP contribution in [0.2, 0.25) is 0 Å². The van der Waals surface area contributed by atoms with Gasteiger partial charge in [-0.3, -0.25) is 0 Å². The predicted octanol–water partition coefficient (Wildman–Crippen LogP) is 9.53. The zero-order valence-electron chi connectivity index (χ0n) is 26.0. The molecule has 1 aliphatic rings. The van der Waals surface area contributed by atoms with E-state index in [2.05, 4.69) is 62.9 Å². The average molecular weight is 571 g/mol. The van der Waals surface area contributed by atoms with Crippen molar-refractivity contribution in [2.24, 2.45) is 5.92 Å². The van der Waals surface area contributed by atoms with Crippen molar-refractivity contribution < 1.29 is 19.3 Å². The van der Waals surface area contributed by atoms with Gasteiger partial charge >= 0.3 is 0 Å². The summed E-state index contributed by atoms with van der Waals surface area (Å²) in [5, 5.41) is 9.24. The lowest BCUT2D eigenvalue weighted by Crippen LogP contribution is -2.13. The van der Waals surface area contributed by atoms with Crippen molar-refractivity contribution in [3.63, 3.8) is 0 Å². The summed E-state index contributed by atoms with van der Waals surface area (Å²) in [6, 6.07) is 21.9. The van der Waals surface area contributed by atoms with E-state index in [1.807, 2.05) is 18.2 Å². The summed E-state index contributed by atoms with van der Waals surface area (Å²) < 4.78 is 17.1. The lowest BCUT2D eigenvalue weighted by Gasteiger charge is -2.29. The van der Waals surface area contributed by atoms with Crippen LogP contribution in [-0.4, -0.2) is 38.6 Å². The van der Waals surface area contributed by atoms with Gasteiger partial charge in [0.25, 0.3) is 0 Å². The first-order valence-electron chi connectivity index (χ1n) is 15.9. The first kappa shape index (κ1) is 31.8. The smallest absolute Gasteiger partial charge is 0.123 e. The maximum absolute atomic E-state index is 9.24. The minimum absolute atomic E-state index is 0.0243. The number of methoxy groups -OCH3 is 1. The molecule has 1 saturated carbocycles. The van der Waals surface area contributed by atoms with Gasteiger partial charge in [-0.25, -0.2) is 0 Å². The van der Waals surface area contributed by atoms with Crippen LogP contribution in [0.3, 0.4) is 0 Å². The number of hydrogen-bond acceptors (Lipinski definition) is 4. The van der Waals surface area contributed by atoms with Gasteiger partial charge in [-0.15, -0.1) is 0 Å². The molecule has 3 aromatic carbocycles. The second-order valence-corrected chi connectivity index (χ2v) is 11.9. The van der Waals surface area contributed by atoms with E-state index in [-0.39, 0.29) is 6.61 Å². The van der Waals surface area contributed by atoms with Crippen LogP contribution in [-0.2, 0) is 4.74 Å². The Morgan fingerprint density at radius 2 is 1.50 bits per heavy atom. The van der Waals surface area contributed by atoms with Crippen molar-refractivity contribution in [1.29, 1.82) is 0 Å². The molecule has 0 bridgehead atoms. The van der Waals surface area contributed by atoms with Crippen LogP contribution in [0.1, 0.15) is 81.8 Å². The average Bonchev–Trinajstić information content (AvgIpc) is 3.01. The van der Waals surface area contributed by atoms with E-state index in [0.29, 0.717) is 32.2 Å². The number of benzene rings is 3. The van der Waals surface area contributed by atoms with Crippen LogP contribution in [0.25, 0.3) is 22.3 Å². The molecular formula is C38H50O4. The van der Waals surface area contributed by atoms with Crippen LogP contribution in [0.15, 0.2) is 72.8 Å². The molecule has 226 valence electrons. The molecule has 0 heterocycles. The second-order valence-electron chi connectivity index (χ2n) is 11.9. The van der Waals surface area contributed by atoms with Crippen molar-refractivity contribution in [3.05, 3.63) is 83.9 Å². The third-order valence-electron chi connectivity index (χ3n) is 8.70. The van der Waals surface area contributed by atoms with E-state index in [0.717, 1.165) is 34.1 Å². The molecule has 4 nitrogen and oxygen atoms in total. The first-order valence-corrected chi connectivity index (χ1v) is 15.9. The highest BCUT2D eigenvalue weighted by atomic mass is 16.5. The molecule has 1 aliphatic carbocycles. The number of unbranched alkanes of at least 4 members (excludes halogenated alkanes) is 2. The predicted molar refractivity (Wildman–Crippen MR) is 175 cm³/mol. The maximum atomic E-state index is 9.24. The van der Waals surface area contributed by atoms with Gasteiger partial charge < -0.3 is 19.3 Å². The molecule has 0 saturated heterocycles. The highest BCUT2D eigenvalue weighted by Crippen LogP contribution is 2.39. The molecule has 4 heteroatoms. The summed E-state index contributed by atoms with van der Waals surface area (Å²) in [6.45, 7) is 9.81. The summed E-state index contributed by atoms with van der Waals surface area (Å²) in [6.07, 6.45) is 11.6. The molecule has 1 N–H and O–H groups in total. The number of aliphatic hydroxyl groups is 1. The van der Waals surface area contributed by atoms with E-state index in [1.54, 1.807) is 7.11 Å². The molecule has 0 radical (unpaired) electrons. The monoisotopic (exact) mass is 570 g/mol. The van der Waals surface area contributed by atoms with E-state index in [4.69, 9.17) is 14.2 Å². The minimum Gasteiger partial charge on any atom is -0.493 e. The number of aryl methyl sites for hydroxylation is 1. The molecule has 0 aromatic heterocycles. The SMILES string of the molecule is C=C(CO)CCOc1cc(OCCOC)cc(-c2ccc(-c3ccc(C4CCC(CCCCC)CC4)cc3C)cc2)c1. The number of aliphatic hydroxyl groups excluding tert-OH is 1. The Morgan fingerprint density at radius 3 is 2.14 bits per heavy atom. The van der Waals surface area contributed by atoms with E-state index in [1.165, 1.54) is 73.6 Å². The normalized spacial score (nSPS) is 16.8. The fourth-order valence-electron chi connectivity index (χ4n) is 6.11. The molecule has 3 aromatic rings. The number of hydrogen-bond donors (Lipinski definition) is 1. The van der Waals surface area contributed by atoms with Crippen molar-refractivity contribution in [1.82, 2.24) is 0 Å². The van der Waals surface area contributed by atoms with Crippen molar-refractivity contribution in [3.8, 4) is 33.8 Å². The fraction of sp³-hybridized carbons (Fsp3) is 0.474. The zero-order valence-corrected chi connectivity index (χ0v) is 26.0. The molecule has 0 atom stereocenters. The molecule has 1 fully saturated rings. The summed E-state index contributed by atoms with van der Waals surface area (Å²) >= 11 is 0. The van der Waals surface area contributed by atoms with Crippen LogP contribution in [0, 0.1) is 12.8 Å². The Hall–Kier alpha value is -3.08. The third-order valence-corrected chi connectivity index (χ3v) is 8.70. The second kappa shape index (κ2) is 16.5. The van der Waals surface area contributed by atoms with Gasteiger partial charge in [0, 0.05) is 19.6 Å². The molecule has 0 aliphatic heterocycles. The lowest BCUT2D eigenvalue weighted by molar-refractivity contribution is 0.146. The van der Waals surface area contributed by atoms with E-state index in [9.17, 15) is 5.11 Å². The molecule has 4 rings (SSSR count). The standard InChI is InChI=1S/C38H50O4/c1-5-6-7-8-30-9-11-31(12-10-30)34-17-18-38(29(3)23-34)33-15-13-32(14-16-33)35-24-36(41-20-19-28(2)27-39)26-37(25-35)42-22-21-40-4/h13-18,23-26,30-31,39H,2,5-12,19-22,27H2,1,3-4H3. The van der Waals surface area contributed by atoms with Gasteiger partial charge in [0.05, 0.1) is 19.8 Å². The van der Waals surface area contributed by atoms with E-state index >= 15 is 0 Å². The number of ether oxygens (including phenoxy) is 3.